The zero-order valence-corrected chi connectivity index (χ0v) is 13.0. The second-order valence-electron chi connectivity index (χ2n) is 6.80. The molecule has 104 valence electrons. The van der Waals surface area contributed by atoms with Crippen molar-refractivity contribution in [3.05, 3.63) is 33.8 Å². The van der Waals surface area contributed by atoms with Gasteiger partial charge in [-0.15, -0.1) is 0 Å². The molecule has 1 aromatic rings. The van der Waals surface area contributed by atoms with E-state index in [9.17, 15) is 0 Å². The summed E-state index contributed by atoms with van der Waals surface area (Å²) in [5.74, 6) is 2.19. The van der Waals surface area contributed by atoms with Crippen LogP contribution in [-0.4, -0.2) is 0 Å². The minimum Gasteiger partial charge on any atom is -0.0840 e. The van der Waals surface area contributed by atoms with Crippen molar-refractivity contribution in [1.82, 2.24) is 0 Å². The van der Waals surface area contributed by atoms with Gasteiger partial charge in [-0.05, 0) is 66.2 Å². The van der Waals surface area contributed by atoms with Crippen LogP contribution in [0.2, 0.25) is 5.02 Å². The van der Waals surface area contributed by atoms with Crippen molar-refractivity contribution in [2.45, 2.75) is 70.6 Å². The predicted octanol–water partition coefficient (Wildman–Crippen LogP) is 6.07. The quantitative estimate of drug-likeness (QED) is 0.615. The van der Waals surface area contributed by atoms with Crippen molar-refractivity contribution < 1.29 is 0 Å². The highest BCUT2D eigenvalue weighted by Crippen LogP contribution is 2.44. The Kier molecular flexibility index (Phi) is 3.89. The molecule has 19 heavy (non-hydrogen) atoms. The van der Waals surface area contributed by atoms with Crippen molar-refractivity contribution >= 4 is 11.6 Å². The standard InChI is InChI=1S/C18H25Cl/c1-12(2)15-9-8-14-10-17(18(19)11-16(14)15)13-6-4-3-5-7-13/h10-13,15H,3-9H2,1-2H3. The number of benzene rings is 1. The lowest BCUT2D eigenvalue weighted by atomic mass is 9.82. The minimum absolute atomic E-state index is 0.727. The highest BCUT2D eigenvalue weighted by atomic mass is 35.5. The van der Waals surface area contributed by atoms with E-state index >= 15 is 0 Å². The van der Waals surface area contributed by atoms with Crippen LogP contribution in [0.1, 0.15) is 80.9 Å². The first-order valence-electron chi connectivity index (χ1n) is 7.99. The van der Waals surface area contributed by atoms with Gasteiger partial charge in [0, 0.05) is 5.02 Å². The van der Waals surface area contributed by atoms with Gasteiger partial charge in [-0.3, -0.25) is 0 Å². The smallest absolute Gasteiger partial charge is 0.0443 e. The van der Waals surface area contributed by atoms with Crippen LogP contribution in [-0.2, 0) is 6.42 Å². The van der Waals surface area contributed by atoms with Crippen LogP contribution in [0.15, 0.2) is 12.1 Å². The van der Waals surface area contributed by atoms with Crippen LogP contribution in [0, 0.1) is 5.92 Å². The average molecular weight is 277 g/mol. The van der Waals surface area contributed by atoms with Crippen LogP contribution in [0.25, 0.3) is 0 Å². The molecule has 0 aliphatic heterocycles. The highest BCUT2D eigenvalue weighted by Gasteiger charge is 2.28. The lowest BCUT2D eigenvalue weighted by Crippen LogP contribution is -2.07. The third kappa shape index (κ3) is 2.57. The van der Waals surface area contributed by atoms with Gasteiger partial charge in [-0.1, -0.05) is 50.8 Å². The molecule has 2 aliphatic rings. The second kappa shape index (κ2) is 5.48. The van der Waals surface area contributed by atoms with Gasteiger partial charge in [0.15, 0.2) is 0 Å². The maximum absolute atomic E-state index is 6.61. The Bertz CT molecular complexity index is 455. The zero-order valence-electron chi connectivity index (χ0n) is 12.2. The molecule has 1 unspecified atom stereocenters. The van der Waals surface area contributed by atoms with Gasteiger partial charge in [-0.2, -0.15) is 0 Å². The first-order chi connectivity index (χ1) is 9.16. The molecule has 3 rings (SSSR count). The lowest BCUT2D eigenvalue weighted by Gasteiger charge is -2.24. The molecule has 0 spiro atoms. The van der Waals surface area contributed by atoms with Crippen LogP contribution >= 0.6 is 11.6 Å². The van der Waals surface area contributed by atoms with E-state index in [4.69, 9.17) is 11.6 Å². The van der Waals surface area contributed by atoms with Crippen LogP contribution in [0.4, 0.5) is 0 Å². The van der Waals surface area contributed by atoms with E-state index in [-0.39, 0.29) is 0 Å². The summed E-state index contributed by atoms with van der Waals surface area (Å²) in [4.78, 5) is 0. The van der Waals surface area contributed by atoms with E-state index in [1.165, 1.54) is 50.5 Å². The van der Waals surface area contributed by atoms with Gasteiger partial charge in [-0.25, -0.2) is 0 Å². The Morgan fingerprint density at radius 3 is 2.42 bits per heavy atom. The van der Waals surface area contributed by atoms with Crippen molar-refractivity contribution in [3.8, 4) is 0 Å². The number of hydrogen-bond acceptors (Lipinski definition) is 0. The third-order valence-corrected chi connectivity index (χ3v) is 5.56. The largest absolute Gasteiger partial charge is 0.0840 e. The summed E-state index contributed by atoms with van der Waals surface area (Å²) in [6.45, 7) is 4.67. The normalized spacial score (nSPS) is 23.9. The molecule has 1 fully saturated rings. The van der Waals surface area contributed by atoms with Gasteiger partial charge in [0.05, 0.1) is 0 Å². The molecule has 0 N–H and O–H groups in total. The second-order valence-corrected chi connectivity index (χ2v) is 7.20. The van der Waals surface area contributed by atoms with E-state index in [1.807, 2.05) is 0 Å². The Morgan fingerprint density at radius 2 is 1.74 bits per heavy atom. The van der Waals surface area contributed by atoms with E-state index in [0.717, 1.165) is 22.8 Å². The lowest BCUT2D eigenvalue weighted by molar-refractivity contribution is 0.443. The fourth-order valence-corrected chi connectivity index (χ4v) is 4.43. The van der Waals surface area contributed by atoms with E-state index in [1.54, 1.807) is 11.1 Å². The molecule has 0 bridgehead atoms. The summed E-state index contributed by atoms with van der Waals surface area (Å²) in [5, 5.41) is 1.04. The molecule has 0 heterocycles. The van der Waals surface area contributed by atoms with Gasteiger partial charge in [0.2, 0.25) is 0 Å². The molecule has 1 heteroatoms. The van der Waals surface area contributed by atoms with Crippen molar-refractivity contribution in [3.63, 3.8) is 0 Å². The third-order valence-electron chi connectivity index (χ3n) is 5.23. The first-order valence-corrected chi connectivity index (χ1v) is 8.37. The zero-order chi connectivity index (χ0) is 13.4. The van der Waals surface area contributed by atoms with Crippen LogP contribution in [0.5, 0.6) is 0 Å². The van der Waals surface area contributed by atoms with Crippen molar-refractivity contribution in [2.75, 3.05) is 0 Å². The molecule has 0 radical (unpaired) electrons. The van der Waals surface area contributed by atoms with E-state index in [2.05, 4.69) is 26.0 Å². The molecule has 0 aromatic heterocycles. The van der Waals surface area contributed by atoms with Gasteiger partial charge in [0.1, 0.15) is 0 Å². The Hall–Kier alpha value is -0.490. The summed E-state index contributed by atoms with van der Waals surface area (Å²) in [7, 11) is 0. The fourth-order valence-electron chi connectivity index (χ4n) is 4.10. The predicted molar refractivity (Wildman–Crippen MR) is 83.2 cm³/mol. The number of fused-ring (bicyclic) bond motifs is 1. The topological polar surface area (TPSA) is 0 Å². The molecular formula is C18H25Cl. The maximum atomic E-state index is 6.61. The molecule has 1 saturated carbocycles. The van der Waals surface area contributed by atoms with Crippen LogP contribution < -0.4 is 0 Å². The van der Waals surface area contributed by atoms with Gasteiger partial charge < -0.3 is 0 Å². The molecule has 2 aliphatic carbocycles. The van der Waals surface area contributed by atoms with E-state index < -0.39 is 0 Å². The summed E-state index contributed by atoms with van der Waals surface area (Å²) in [6, 6.07) is 4.76. The van der Waals surface area contributed by atoms with Crippen LogP contribution in [0.3, 0.4) is 0 Å². The molecule has 1 atom stereocenters. The maximum Gasteiger partial charge on any atom is 0.0443 e. The minimum atomic E-state index is 0.727. The Labute approximate surface area is 122 Å². The Morgan fingerprint density at radius 1 is 1.00 bits per heavy atom. The summed E-state index contributed by atoms with van der Waals surface area (Å²) in [5.41, 5.74) is 4.58. The monoisotopic (exact) mass is 276 g/mol. The molecule has 0 saturated heterocycles. The summed E-state index contributed by atoms with van der Waals surface area (Å²) < 4.78 is 0. The molecule has 1 aromatic carbocycles. The highest BCUT2D eigenvalue weighted by molar-refractivity contribution is 6.31. The SMILES string of the molecule is CC(C)C1CCc2cc(C3CCCCC3)c(Cl)cc21. The molecular weight excluding hydrogens is 252 g/mol. The van der Waals surface area contributed by atoms with Gasteiger partial charge in [0.25, 0.3) is 0 Å². The number of halogens is 1. The number of aryl methyl sites for hydroxylation is 1. The Balaban J connectivity index is 1.92. The first kappa shape index (κ1) is 13.5. The summed E-state index contributed by atoms with van der Waals surface area (Å²) >= 11 is 6.61. The van der Waals surface area contributed by atoms with Crippen molar-refractivity contribution in [2.24, 2.45) is 5.92 Å². The molecule has 0 amide bonds. The number of hydrogen-bond donors (Lipinski definition) is 0. The average Bonchev–Trinajstić information content (AvgIpc) is 2.81. The molecule has 0 nitrogen and oxygen atoms in total. The van der Waals surface area contributed by atoms with Gasteiger partial charge >= 0.3 is 0 Å². The summed E-state index contributed by atoms with van der Waals surface area (Å²) in [6.07, 6.45) is 9.43. The number of rotatable bonds is 2. The fraction of sp³-hybridized carbons (Fsp3) is 0.667. The van der Waals surface area contributed by atoms with Crippen molar-refractivity contribution in [1.29, 1.82) is 0 Å². The van der Waals surface area contributed by atoms with E-state index in [0.29, 0.717) is 0 Å².